The van der Waals surface area contributed by atoms with E-state index in [2.05, 4.69) is 0 Å². The molecule has 0 amide bonds. The van der Waals surface area contributed by atoms with E-state index >= 15 is 0 Å². The molecule has 0 aromatic carbocycles. The fourth-order valence-corrected chi connectivity index (χ4v) is 7.53. The average molecular weight is 358 g/mol. The van der Waals surface area contributed by atoms with Gasteiger partial charge in [-0.3, -0.25) is 14.4 Å². The first-order valence-electron chi connectivity index (χ1n) is 10.8. The lowest BCUT2D eigenvalue weighted by Gasteiger charge is -2.55. The minimum Gasteiger partial charge on any atom is -0.457 e. The third kappa shape index (κ3) is 2.75. The van der Waals surface area contributed by atoms with Gasteiger partial charge in [-0.25, -0.2) is 0 Å². The summed E-state index contributed by atoms with van der Waals surface area (Å²) in [7, 11) is 0. The highest BCUT2D eigenvalue weighted by molar-refractivity contribution is 5.90. The van der Waals surface area contributed by atoms with Crippen LogP contribution in [0.3, 0.4) is 0 Å². The number of esters is 1. The molecule has 0 saturated heterocycles. The summed E-state index contributed by atoms with van der Waals surface area (Å²) in [6.45, 7) is -0.0369. The van der Waals surface area contributed by atoms with Crippen molar-refractivity contribution in [3.05, 3.63) is 0 Å². The van der Waals surface area contributed by atoms with E-state index in [4.69, 9.17) is 4.74 Å². The minimum atomic E-state index is -0.229. The van der Waals surface area contributed by atoms with Gasteiger partial charge < -0.3 is 4.74 Å². The summed E-state index contributed by atoms with van der Waals surface area (Å²) in [5.41, 5.74) is -0.186. The van der Waals surface area contributed by atoms with Crippen LogP contribution in [-0.2, 0) is 19.1 Å². The first-order valence-corrected chi connectivity index (χ1v) is 10.8. The summed E-state index contributed by atoms with van der Waals surface area (Å²) in [6, 6.07) is 0. The van der Waals surface area contributed by atoms with Gasteiger partial charge in [-0.2, -0.15) is 0 Å². The summed E-state index contributed by atoms with van der Waals surface area (Å²) in [6.07, 6.45) is 11.2. The SMILES string of the molecule is O=C(OCC(=O)C12CC3CC(CC(C3)C1)C2)C1C[C@H]2CCC[C@@H](C1)C2=O. The normalized spacial score (nSPS) is 46.2. The largest absolute Gasteiger partial charge is 0.457 e. The van der Waals surface area contributed by atoms with Crippen LogP contribution in [-0.4, -0.2) is 24.1 Å². The van der Waals surface area contributed by atoms with Gasteiger partial charge in [0.05, 0.1) is 5.92 Å². The van der Waals surface area contributed by atoms with Gasteiger partial charge in [0.15, 0.2) is 12.4 Å². The van der Waals surface area contributed by atoms with Crippen LogP contribution in [0.1, 0.15) is 70.6 Å². The molecular weight excluding hydrogens is 328 g/mol. The summed E-state index contributed by atoms with van der Waals surface area (Å²) in [5, 5.41) is 0. The average Bonchev–Trinajstić information content (AvgIpc) is 2.58. The van der Waals surface area contributed by atoms with Crippen molar-refractivity contribution in [3.63, 3.8) is 0 Å². The number of ketones is 2. The van der Waals surface area contributed by atoms with Crippen LogP contribution in [0.25, 0.3) is 0 Å². The lowest BCUT2D eigenvalue weighted by molar-refractivity contribution is -0.162. The molecule has 6 rings (SSSR count). The van der Waals surface area contributed by atoms with Crippen LogP contribution in [0.15, 0.2) is 0 Å². The molecule has 1 unspecified atom stereocenters. The van der Waals surface area contributed by atoms with Crippen LogP contribution in [0, 0.1) is 40.9 Å². The highest BCUT2D eigenvalue weighted by atomic mass is 16.5. The second-order valence-electron chi connectivity index (χ2n) is 10.1. The van der Waals surface area contributed by atoms with Crippen molar-refractivity contribution in [2.24, 2.45) is 40.9 Å². The molecule has 6 saturated carbocycles. The first-order chi connectivity index (χ1) is 12.5. The number of ether oxygens (including phenoxy) is 1. The summed E-state index contributed by atoms with van der Waals surface area (Å²) in [4.78, 5) is 37.8. The number of carbonyl (C=O) groups excluding carboxylic acids is 3. The van der Waals surface area contributed by atoms with Crippen molar-refractivity contribution >= 4 is 17.5 Å². The van der Waals surface area contributed by atoms with Gasteiger partial charge in [-0.05, 0) is 82.0 Å². The molecule has 6 bridgehead atoms. The molecule has 4 heteroatoms. The maximum atomic E-state index is 13.0. The van der Waals surface area contributed by atoms with Crippen LogP contribution in [0.5, 0.6) is 0 Å². The zero-order valence-electron chi connectivity index (χ0n) is 15.6. The molecule has 0 aliphatic heterocycles. The van der Waals surface area contributed by atoms with E-state index in [9.17, 15) is 14.4 Å². The van der Waals surface area contributed by atoms with Gasteiger partial charge >= 0.3 is 5.97 Å². The maximum absolute atomic E-state index is 13.0. The Hall–Kier alpha value is -1.19. The fourth-order valence-electron chi connectivity index (χ4n) is 7.53. The van der Waals surface area contributed by atoms with E-state index in [1.807, 2.05) is 0 Å². The number of carbonyl (C=O) groups is 3. The van der Waals surface area contributed by atoms with Crippen LogP contribution in [0.4, 0.5) is 0 Å². The Morgan fingerprint density at radius 2 is 1.42 bits per heavy atom. The topological polar surface area (TPSA) is 60.4 Å². The van der Waals surface area contributed by atoms with E-state index in [0.717, 1.165) is 56.3 Å². The van der Waals surface area contributed by atoms with Gasteiger partial charge in [0, 0.05) is 17.3 Å². The van der Waals surface area contributed by atoms with Crippen LogP contribution in [0.2, 0.25) is 0 Å². The van der Waals surface area contributed by atoms with Gasteiger partial charge in [0.1, 0.15) is 5.78 Å². The lowest BCUT2D eigenvalue weighted by Crippen LogP contribution is -2.51. The number of hydrogen-bond acceptors (Lipinski definition) is 4. The molecule has 0 N–H and O–H groups in total. The highest BCUT2D eigenvalue weighted by Gasteiger charge is 2.54. The second kappa shape index (κ2) is 6.17. The quantitative estimate of drug-likeness (QED) is 0.719. The van der Waals surface area contributed by atoms with Gasteiger partial charge in [0.2, 0.25) is 0 Å². The lowest BCUT2D eigenvalue weighted by atomic mass is 9.48. The Morgan fingerprint density at radius 3 is 1.96 bits per heavy atom. The van der Waals surface area contributed by atoms with E-state index in [-0.39, 0.29) is 41.5 Å². The van der Waals surface area contributed by atoms with Crippen molar-refractivity contribution < 1.29 is 19.1 Å². The zero-order chi connectivity index (χ0) is 17.9. The van der Waals surface area contributed by atoms with Crippen LogP contribution < -0.4 is 0 Å². The van der Waals surface area contributed by atoms with Gasteiger partial charge in [-0.15, -0.1) is 0 Å². The zero-order valence-corrected chi connectivity index (χ0v) is 15.6. The van der Waals surface area contributed by atoms with Gasteiger partial charge in [-0.1, -0.05) is 6.42 Å². The van der Waals surface area contributed by atoms with Crippen molar-refractivity contribution in [3.8, 4) is 0 Å². The molecule has 0 heterocycles. The minimum absolute atomic E-state index is 0.0369. The summed E-state index contributed by atoms with van der Waals surface area (Å²) in [5.74, 6) is 2.43. The Morgan fingerprint density at radius 1 is 0.885 bits per heavy atom. The Kier molecular flexibility index (Phi) is 4.02. The summed E-state index contributed by atoms with van der Waals surface area (Å²) >= 11 is 0. The summed E-state index contributed by atoms with van der Waals surface area (Å²) < 4.78 is 5.53. The second-order valence-corrected chi connectivity index (χ2v) is 10.1. The Bertz CT molecular complexity index is 585. The highest BCUT2D eigenvalue weighted by Crippen LogP contribution is 2.60. The van der Waals surface area contributed by atoms with E-state index in [1.165, 1.54) is 19.3 Å². The molecule has 0 aromatic heterocycles. The first kappa shape index (κ1) is 16.9. The molecule has 3 atom stereocenters. The van der Waals surface area contributed by atoms with E-state index in [1.54, 1.807) is 0 Å². The Labute approximate surface area is 155 Å². The predicted molar refractivity (Wildman–Crippen MR) is 95.1 cm³/mol. The molecule has 26 heavy (non-hydrogen) atoms. The monoisotopic (exact) mass is 358 g/mol. The van der Waals surface area contributed by atoms with E-state index < -0.39 is 0 Å². The molecule has 4 nitrogen and oxygen atoms in total. The van der Waals surface area contributed by atoms with Gasteiger partial charge in [0.25, 0.3) is 0 Å². The third-order valence-electron chi connectivity index (χ3n) is 8.36. The molecule has 142 valence electrons. The number of Topliss-reactive ketones (excluding diaryl/α,β-unsaturated/α-hetero) is 2. The fraction of sp³-hybridized carbons (Fsp3) is 0.864. The molecular formula is C22H30O4. The number of fused-ring (bicyclic) bond motifs is 2. The molecule has 6 fully saturated rings. The maximum Gasteiger partial charge on any atom is 0.309 e. The number of hydrogen-bond donors (Lipinski definition) is 0. The Balaban J connectivity index is 1.19. The smallest absolute Gasteiger partial charge is 0.309 e. The van der Waals surface area contributed by atoms with Crippen molar-refractivity contribution in [1.82, 2.24) is 0 Å². The molecule has 0 radical (unpaired) electrons. The standard InChI is InChI=1S/C22H30O4/c23-19(22-9-13-4-14(10-22)6-15(5-13)11-22)12-26-21(25)18-7-16-2-1-3-17(8-18)20(16)24/h13-18H,1-12H2/t13?,14?,15?,16-,17+,18?,22?. The third-order valence-corrected chi connectivity index (χ3v) is 8.36. The molecule has 0 spiro atoms. The van der Waals surface area contributed by atoms with Crippen LogP contribution >= 0.6 is 0 Å². The van der Waals surface area contributed by atoms with E-state index in [0.29, 0.717) is 18.6 Å². The molecule has 6 aliphatic rings. The molecule has 0 aromatic rings. The van der Waals surface area contributed by atoms with Crippen molar-refractivity contribution in [1.29, 1.82) is 0 Å². The van der Waals surface area contributed by atoms with Crippen molar-refractivity contribution in [2.45, 2.75) is 70.6 Å². The van der Waals surface area contributed by atoms with Crippen molar-refractivity contribution in [2.75, 3.05) is 6.61 Å². The predicted octanol–water partition coefficient (Wildman–Crippen LogP) is 3.71. The molecule has 6 aliphatic carbocycles. The number of rotatable bonds is 4.